The predicted octanol–water partition coefficient (Wildman–Crippen LogP) is 6.44. The van der Waals surface area contributed by atoms with Crippen molar-refractivity contribution in [3.8, 4) is 11.5 Å². The summed E-state index contributed by atoms with van der Waals surface area (Å²) in [6.45, 7) is 1.96. The lowest BCUT2D eigenvalue weighted by Gasteiger charge is -2.29. The molecule has 0 bridgehead atoms. The van der Waals surface area contributed by atoms with Crippen LogP contribution in [0.1, 0.15) is 18.1 Å². The summed E-state index contributed by atoms with van der Waals surface area (Å²) in [6.07, 6.45) is 0. The highest BCUT2D eigenvalue weighted by Crippen LogP contribution is 2.34. The van der Waals surface area contributed by atoms with E-state index in [2.05, 4.69) is 10.3 Å². The van der Waals surface area contributed by atoms with Crippen molar-refractivity contribution in [2.24, 2.45) is 0 Å². The van der Waals surface area contributed by atoms with Gasteiger partial charge in [-0.05, 0) is 48.4 Å². The summed E-state index contributed by atoms with van der Waals surface area (Å²) in [6, 6.07) is 34.9. The molecular formula is C28H22N2O2. The van der Waals surface area contributed by atoms with E-state index in [-0.39, 0.29) is 5.91 Å². The molecule has 4 nitrogen and oxygen atoms in total. The van der Waals surface area contributed by atoms with Gasteiger partial charge in [-0.25, -0.2) is 4.98 Å². The van der Waals surface area contributed by atoms with Crippen molar-refractivity contribution in [3.63, 3.8) is 0 Å². The van der Waals surface area contributed by atoms with Crippen LogP contribution in [0.4, 0.5) is 5.69 Å². The average Bonchev–Trinajstić information content (AvgIpc) is 3.29. The van der Waals surface area contributed by atoms with Crippen LogP contribution in [0.5, 0.6) is 0 Å². The van der Waals surface area contributed by atoms with Crippen LogP contribution in [0.25, 0.3) is 22.6 Å². The van der Waals surface area contributed by atoms with Gasteiger partial charge in [-0.3, -0.25) is 4.79 Å². The summed E-state index contributed by atoms with van der Waals surface area (Å²) in [5.74, 6) is 0.417. The second-order valence-electron chi connectivity index (χ2n) is 7.88. The van der Waals surface area contributed by atoms with Gasteiger partial charge in [0.05, 0.1) is 5.41 Å². The van der Waals surface area contributed by atoms with Crippen molar-refractivity contribution < 1.29 is 9.21 Å². The first kappa shape index (κ1) is 19.8. The molecular weight excluding hydrogens is 396 g/mol. The molecule has 1 aromatic heterocycles. The second-order valence-corrected chi connectivity index (χ2v) is 7.88. The molecule has 4 heteroatoms. The number of aromatic nitrogens is 1. The number of para-hydroxylation sites is 2. The third-order valence-corrected chi connectivity index (χ3v) is 5.82. The molecule has 5 aromatic rings. The van der Waals surface area contributed by atoms with Gasteiger partial charge in [0.15, 0.2) is 5.58 Å². The Morgan fingerprint density at radius 2 is 1.41 bits per heavy atom. The van der Waals surface area contributed by atoms with E-state index in [0.717, 1.165) is 27.8 Å². The smallest absolute Gasteiger partial charge is 0.239 e. The minimum Gasteiger partial charge on any atom is -0.436 e. The summed E-state index contributed by atoms with van der Waals surface area (Å²) < 4.78 is 5.90. The largest absolute Gasteiger partial charge is 0.436 e. The number of rotatable bonds is 5. The lowest BCUT2D eigenvalue weighted by atomic mass is 9.75. The quantitative estimate of drug-likeness (QED) is 0.357. The Morgan fingerprint density at radius 1 is 0.781 bits per heavy atom. The summed E-state index contributed by atoms with van der Waals surface area (Å²) in [5.41, 5.74) is 4.04. The standard InChI is InChI=1S/C28H22N2O2/c1-28(21-12-4-2-5-13-21,22-14-6-3-7-15-22)27(31)29-23-16-10-11-20(19-23)26-30-24-17-8-9-18-25(24)32-26/h2-19H,1H3,(H,29,31). The monoisotopic (exact) mass is 418 g/mol. The Labute approximate surface area is 186 Å². The van der Waals surface area contributed by atoms with E-state index in [9.17, 15) is 4.79 Å². The summed E-state index contributed by atoms with van der Waals surface area (Å²) in [5, 5.41) is 3.12. The van der Waals surface area contributed by atoms with Crippen LogP contribution in [-0.2, 0) is 10.2 Å². The number of fused-ring (bicyclic) bond motifs is 1. The molecule has 0 spiro atoms. The van der Waals surface area contributed by atoms with Gasteiger partial charge in [-0.15, -0.1) is 0 Å². The molecule has 4 aromatic carbocycles. The second kappa shape index (κ2) is 8.16. The van der Waals surface area contributed by atoms with E-state index in [0.29, 0.717) is 11.6 Å². The first-order valence-electron chi connectivity index (χ1n) is 10.5. The van der Waals surface area contributed by atoms with Gasteiger partial charge in [0.2, 0.25) is 11.8 Å². The van der Waals surface area contributed by atoms with Gasteiger partial charge in [-0.1, -0.05) is 78.9 Å². The van der Waals surface area contributed by atoms with Crippen LogP contribution in [0, 0.1) is 0 Å². The molecule has 0 saturated carbocycles. The van der Waals surface area contributed by atoms with Crippen molar-refractivity contribution in [2.75, 3.05) is 5.32 Å². The molecule has 1 N–H and O–H groups in total. The zero-order valence-corrected chi connectivity index (χ0v) is 17.7. The predicted molar refractivity (Wildman–Crippen MR) is 127 cm³/mol. The third-order valence-electron chi connectivity index (χ3n) is 5.82. The highest BCUT2D eigenvalue weighted by atomic mass is 16.3. The third kappa shape index (κ3) is 3.56. The molecule has 0 aliphatic rings. The van der Waals surface area contributed by atoms with E-state index in [1.807, 2.05) is 116 Å². The lowest BCUT2D eigenvalue weighted by Crippen LogP contribution is -2.38. The molecule has 1 heterocycles. The first-order chi connectivity index (χ1) is 15.6. The zero-order chi connectivity index (χ0) is 22.0. The molecule has 0 saturated heterocycles. The van der Waals surface area contributed by atoms with Crippen LogP contribution in [0.3, 0.4) is 0 Å². The van der Waals surface area contributed by atoms with Crippen molar-refractivity contribution in [1.82, 2.24) is 4.98 Å². The van der Waals surface area contributed by atoms with Gasteiger partial charge >= 0.3 is 0 Å². The number of benzene rings is 4. The normalized spacial score (nSPS) is 11.4. The maximum atomic E-state index is 13.7. The average molecular weight is 418 g/mol. The number of amides is 1. The van der Waals surface area contributed by atoms with Gasteiger partial charge in [0.25, 0.3) is 0 Å². The zero-order valence-electron chi connectivity index (χ0n) is 17.7. The molecule has 5 rings (SSSR count). The highest BCUT2D eigenvalue weighted by molar-refractivity contribution is 6.01. The van der Waals surface area contributed by atoms with Crippen molar-refractivity contribution >= 4 is 22.7 Å². The number of carbonyl (C=O) groups is 1. The molecule has 32 heavy (non-hydrogen) atoms. The molecule has 0 aliphatic heterocycles. The molecule has 1 amide bonds. The Balaban J connectivity index is 1.50. The van der Waals surface area contributed by atoms with Crippen LogP contribution < -0.4 is 5.32 Å². The number of nitrogens with zero attached hydrogens (tertiary/aromatic N) is 1. The topological polar surface area (TPSA) is 55.1 Å². The molecule has 0 fully saturated rings. The van der Waals surface area contributed by atoms with Crippen molar-refractivity contribution in [3.05, 3.63) is 120 Å². The minimum absolute atomic E-state index is 0.107. The van der Waals surface area contributed by atoms with Gasteiger partial charge in [-0.2, -0.15) is 0 Å². The Hall–Kier alpha value is -4.18. The van der Waals surface area contributed by atoms with E-state index in [1.165, 1.54) is 0 Å². The number of hydrogen-bond acceptors (Lipinski definition) is 3. The van der Waals surface area contributed by atoms with Crippen LogP contribution in [-0.4, -0.2) is 10.9 Å². The highest BCUT2D eigenvalue weighted by Gasteiger charge is 2.37. The van der Waals surface area contributed by atoms with Crippen molar-refractivity contribution in [1.29, 1.82) is 0 Å². The fourth-order valence-corrected chi connectivity index (χ4v) is 3.95. The van der Waals surface area contributed by atoms with Crippen LogP contribution in [0.15, 0.2) is 114 Å². The lowest BCUT2D eigenvalue weighted by molar-refractivity contribution is -0.119. The van der Waals surface area contributed by atoms with Crippen LogP contribution in [0.2, 0.25) is 0 Å². The number of carbonyl (C=O) groups excluding carboxylic acids is 1. The SMILES string of the molecule is CC(C(=O)Nc1cccc(-c2nc3ccccc3o2)c1)(c1ccccc1)c1ccccc1. The Bertz CT molecular complexity index is 1300. The number of anilines is 1. The molecule has 156 valence electrons. The summed E-state index contributed by atoms with van der Waals surface area (Å²) >= 11 is 0. The molecule has 0 radical (unpaired) electrons. The number of nitrogens with one attached hydrogen (secondary N) is 1. The van der Waals surface area contributed by atoms with Crippen molar-refractivity contribution in [2.45, 2.75) is 12.3 Å². The van der Waals surface area contributed by atoms with E-state index in [1.54, 1.807) is 0 Å². The summed E-state index contributed by atoms with van der Waals surface area (Å²) in [4.78, 5) is 18.2. The maximum Gasteiger partial charge on any atom is 0.239 e. The molecule has 0 aliphatic carbocycles. The molecule has 0 unspecified atom stereocenters. The van der Waals surface area contributed by atoms with Gasteiger partial charge < -0.3 is 9.73 Å². The minimum atomic E-state index is -0.851. The molecule has 0 atom stereocenters. The van der Waals surface area contributed by atoms with E-state index in [4.69, 9.17) is 4.42 Å². The fourth-order valence-electron chi connectivity index (χ4n) is 3.95. The number of oxazole rings is 1. The number of hydrogen-bond donors (Lipinski definition) is 1. The Kier molecular flexibility index (Phi) is 5.04. The summed E-state index contributed by atoms with van der Waals surface area (Å²) in [7, 11) is 0. The maximum absolute atomic E-state index is 13.7. The Morgan fingerprint density at radius 3 is 2.06 bits per heavy atom. The first-order valence-corrected chi connectivity index (χ1v) is 10.5. The van der Waals surface area contributed by atoms with Crippen LogP contribution >= 0.6 is 0 Å². The van der Waals surface area contributed by atoms with Gasteiger partial charge in [0, 0.05) is 11.3 Å². The van der Waals surface area contributed by atoms with Gasteiger partial charge in [0.1, 0.15) is 5.52 Å². The van der Waals surface area contributed by atoms with E-state index < -0.39 is 5.41 Å². The fraction of sp³-hybridized carbons (Fsp3) is 0.0714. The van der Waals surface area contributed by atoms with E-state index >= 15 is 0 Å².